The summed E-state index contributed by atoms with van der Waals surface area (Å²) in [6.07, 6.45) is 3.33. The van der Waals surface area contributed by atoms with E-state index >= 15 is 0 Å². The van der Waals surface area contributed by atoms with Crippen molar-refractivity contribution in [1.29, 1.82) is 0 Å². The summed E-state index contributed by atoms with van der Waals surface area (Å²) in [5.74, 6) is -0.878. The van der Waals surface area contributed by atoms with E-state index in [1.165, 1.54) is 28.4 Å². The van der Waals surface area contributed by atoms with E-state index in [-0.39, 0.29) is 11.1 Å². The molecule has 1 heterocycles. The van der Waals surface area contributed by atoms with Gasteiger partial charge in [-0.2, -0.15) is 0 Å². The van der Waals surface area contributed by atoms with Gasteiger partial charge in [0.05, 0.1) is 45.5 Å². The summed E-state index contributed by atoms with van der Waals surface area (Å²) in [6, 6.07) is 12.5. The van der Waals surface area contributed by atoms with Gasteiger partial charge in [-0.25, -0.2) is 9.59 Å². The van der Waals surface area contributed by atoms with Crippen molar-refractivity contribution in [3.8, 4) is 11.5 Å². The number of halogens is 1. The summed E-state index contributed by atoms with van der Waals surface area (Å²) in [7, 11) is 5.64. The third-order valence-electron chi connectivity index (χ3n) is 5.10. The van der Waals surface area contributed by atoms with E-state index in [0.717, 1.165) is 5.56 Å². The van der Waals surface area contributed by atoms with Crippen molar-refractivity contribution < 1.29 is 28.5 Å². The van der Waals surface area contributed by atoms with Gasteiger partial charge < -0.3 is 23.8 Å². The largest absolute Gasteiger partial charge is 0.497 e. The molecule has 0 spiro atoms. The smallest absolute Gasteiger partial charge is 0.336 e. The van der Waals surface area contributed by atoms with Gasteiger partial charge in [-0.1, -0.05) is 23.7 Å². The SMILES string of the molecule is COC(=O)C1=CN(Cc2ccc(Cl)cc2)C=C(C(=O)OC)C1c1cc(OC)ccc1OC. The monoisotopic (exact) mass is 457 g/mol. The fourth-order valence-corrected chi connectivity index (χ4v) is 3.71. The average molecular weight is 458 g/mol. The number of rotatable bonds is 7. The summed E-state index contributed by atoms with van der Waals surface area (Å²) in [4.78, 5) is 27.4. The molecule has 8 heteroatoms. The molecule has 0 N–H and O–H groups in total. The van der Waals surface area contributed by atoms with E-state index in [9.17, 15) is 9.59 Å². The molecule has 0 fully saturated rings. The maximum Gasteiger partial charge on any atom is 0.336 e. The van der Waals surface area contributed by atoms with Crippen molar-refractivity contribution in [1.82, 2.24) is 4.90 Å². The number of methoxy groups -OCH3 is 4. The van der Waals surface area contributed by atoms with Gasteiger partial charge in [-0.05, 0) is 35.9 Å². The number of carbonyl (C=O) groups is 2. The zero-order chi connectivity index (χ0) is 23.3. The Labute approximate surface area is 191 Å². The molecule has 0 atom stereocenters. The van der Waals surface area contributed by atoms with Crippen molar-refractivity contribution in [3.63, 3.8) is 0 Å². The van der Waals surface area contributed by atoms with Gasteiger partial charge in [0.2, 0.25) is 0 Å². The second-order valence-electron chi connectivity index (χ2n) is 6.99. The molecule has 0 bridgehead atoms. The van der Waals surface area contributed by atoms with Crippen LogP contribution in [0.2, 0.25) is 5.02 Å². The zero-order valence-electron chi connectivity index (χ0n) is 18.3. The lowest BCUT2D eigenvalue weighted by Crippen LogP contribution is -2.28. The molecule has 2 aromatic rings. The molecule has 1 aliphatic rings. The summed E-state index contributed by atoms with van der Waals surface area (Å²) >= 11 is 5.98. The molecular weight excluding hydrogens is 434 g/mol. The Hall–Kier alpha value is -3.45. The van der Waals surface area contributed by atoms with E-state index in [1.807, 2.05) is 12.1 Å². The lowest BCUT2D eigenvalue weighted by atomic mass is 9.82. The highest BCUT2D eigenvalue weighted by molar-refractivity contribution is 6.30. The third-order valence-corrected chi connectivity index (χ3v) is 5.35. The number of carbonyl (C=O) groups excluding carboxylic acids is 2. The Balaban J connectivity index is 2.14. The molecule has 0 saturated carbocycles. The quantitative estimate of drug-likeness (QED) is 0.580. The molecule has 0 radical (unpaired) electrons. The van der Waals surface area contributed by atoms with Crippen molar-refractivity contribution in [2.75, 3.05) is 28.4 Å². The first kappa shape index (κ1) is 23.2. The topological polar surface area (TPSA) is 74.3 Å². The van der Waals surface area contributed by atoms with Gasteiger partial charge in [0.15, 0.2) is 0 Å². The van der Waals surface area contributed by atoms with Gasteiger partial charge in [-0.3, -0.25) is 0 Å². The van der Waals surface area contributed by atoms with Crippen molar-refractivity contribution >= 4 is 23.5 Å². The van der Waals surface area contributed by atoms with Gasteiger partial charge in [0, 0.05) is 29.5 Å². The normalized spacial score (nSPS) is 13.7. The summed E-state index contributed by atoms with van der Waals surface area (Å²) in [6.45, 7) is 0.403. The molecule has 0 saturated heterocycles. The van der Waals surface area contributed by atoms with E-state index in [4.69, 9.17) is 30.5 Å². The Morgan fingerprint density at radius 1 is 0.875 bits per heavy atom. The Bertz CT molecular complexity index is 1030. The molecule has 2 aromatic carbocycles. The maximum absolute atomic E-state index is 12.8. The standard InChI is InChI=1S/C24H24ClNO6/c1-29-17-9-10-21(30-2)18(11-17)22-19(23(27)31-3)13-26(14-20(22)24(28)32-4)12-15-5-7-16(25)8-6-15/h5-11,13-14,22H,12H2,1-4H3. The minimum atomic E-state index is -0.776. The first-order chi connectivity index (χ1) is 15.4. The van der Waals surface area contributed by atoms with Crippen molar-refractivity contribution in [3.05, 3.63) is 82.2 Å². The Morgan fingerprint density at radius 3 is 1.97 bits per heavy atom. The van der Waals surface area contributed by atoms with E-state index < -0.39 is 17.9 Å². The summed E-state index contributed by atoms with van der Waals surface area (Å²) < 4.78 is 21.0. The number of nitrogens with zero attached hydrogens (tertiary/aromatic N) is 1. The molecule has 32 heavy (non-hydrogen) atoms. The average Bonchev–Trinajstić information content (AvgIpc) is 2.83. The van der Waals surface area contributed by atoms with E-state index in [1.54, 1.807) is 47.6 Å². The van der Waals surface area contributed by atoms with Crippen LogP contribution in [0.1, 0.15) is 17.0 Å². The van der Waals surface area contributed by atoms with E-state index in [0.29, 0.717) is 28.6 Å². The lowest BCUT2D eigenvalue weighted by Gasteiger charge is -2.31. The van der Waals surface area contributed by atoms with Gasteiger partial charge >= 0.3 is 11.9 Å². The summed E-state index contributed by atoms with van der Waals surface area (Å²) in [5, 5.41) is 0.620. The van der Waals surface area contributed by atoms with Crippen LogP contribution in [0.15, 0.2) is 66.0 Å². The van der Waals surface area contributed by atoms with Crippen molar-refractivity contribution in [2.24, 2.45) is 0 Å². The maximum atomic E-state index is 12.8. The minimum absolute atomic E-state index is 0.260. The van der Waals surface area contributed by atoms with Crippen LogP contribution in [0.5, 0.6) is 11.5 Å². The second-order valence-corrected chi connectivity index (χ2v) is 7.43. The van der Waals surface area contributed by atoms with Crippen LogP contribution in [0, 0.1) is 0 Å². The van der Waals surface area contributed by atoms with Crippen LogP contribution in [-0.2, 0) is 25.6 Å². The fraction of sp³-hybridized carbons (Fsp3) is 0.250. The number of hydrogen-bond acceptors (Lipinski definition) is 7. The molecule has 1 aliphatic heterocycles. The number of benzene rings is 2. The first-order valence-corrected chi connectivity index (χ1v) is 10.1. The molecule has 0 aliphatic carbocycles. The highest BCUT2D eigenvalue weighted by atomic mass is 35.5. The highest BCUT2D eigenvalue weighted by Gasteiger charge is 2.37. The van der Waals surface area contributed by atoms with Crippen LogP contribution in [0.3, 0.4) is 0 Å². The lowest BCUT2D eigenvalue weighted by molar-refractivity contribution is -0.137. The summed E-state index contributed by atoms with van der Waals surface area (Å²) in [5.41, 5.74) is 2.03. The van der Waals surface area contributed by atoms with Gasteiger partial charge in [0.25, 0.3) is 0 Å². The van der Waals surface area contributed by atoms with Gasteiger partial charge in [0.1, 0.15) is 11.5 Å². The predicted molar refractivity (Wildman–Crippen MR) is 119 cm³/mol. The Morgan fingerprint density at radius 2 is 1.47 bits per heavy atom. The molecule has 168 valence electrons. The van der Waals surface area contributed by atoms with Crippen LogP contribution in [-0.4, -0.2) is 45.3 Å². The van der Waals surface area contributed by atoms with Crippen LogP contribution in [0.4, 0.5) is 0 Å². The Kier molecular flexibility index (Phi) is 7.43. The van der Waals surface area contributed by atoms with Crippen LogP contribution >= 0.6 is 11.6 Å². The first-order valence-electron chi connectivity index (χ1n) is 9.74. The zero-order valence-corrected chi connectivity index (χ0v) is 19.0. The number of hydrogen-bond donors (Lipinski definition) is 0. The fourth-order valence-electron chi connectivity index (χ4n) is 3.58. The number of ether oxygens (including phenoxy) is 4. The molecular formula is C24H24ClNO6. The third kappa shape index (κ3) is 4.89. The molecule has 3 rings (SSSR count). The second kappa shape index (κ2) is 10.2. The van der Waals surface area contributed by atoms with E-state index in [2.05, 4.69) is 0 Å². The van der Waals surface area contributed by atoms with Crippen molar-refractivity contribution in [2.45, 2.75) is 12.5 Å². The highest BCUT2D eigenvalue weighted by Crippen LogP contribution is 2.42. The molecule has 0 aromatic heterocycles. The predicted octanol–water partition coefficient (Wildman–Crippen LogP) is 4.07. The molecule has 7 nitrogen and oxygen atoms in total. The molecule has 0 unspecified atom stereocenters. The van der Waals surface area contributed by atoms with Crippen LogP contribution < -0.4 is 9.47 Å². The number of esters is 2. The van der Waals surface area contributed by atoms with Gasteiger partial charge in [-0.15, -0.1) is 0 Å². The van der Waals surface area contributed by atoms with Crippen LogP contribution in [0.25, 0.3) is 0 Å². The minimum Gasteiger partial charge on any atom is -0.497 e. The molecule has 0 amide bonds.